The van der Waals surface area contributed by atoms with E-state index in [2.05, 4.69) is 494 Å². The molecular formula is C123H86BrN3S2. The molecule has 0 radical (unpaired) electrons. The van der Waals surface area contributed by atoms with Crippen molar-refractivity contribution in [2.45, 2.75) is 44.9 Å². The van der Waals surface area contributed by atoms with E-state index in [0.29, 0.717) is 0 Å². The molecule has 4 aromatic heterocycles. The van der Waals surface area contributed by atoms with Gasteiger partial charge in [0.25, 0.3) is 0 Å². The summed E-state index contributed by atoms with van der Waals surface area (Å²) < 4.78 is 11.4. The summed E-state index contributed by atoms with van der Waals surface area (Å²) in [5, 5.41) is 15.6. The molecule has 0 N–H and O–H groups in total. The number of hydrogen-bond acceptors (Lipinski definition) is 3. The second-order valence-electron chi connectivity index (χ2n) is 35.4. The van der Waals surface area contributed by atoms with Crippen LogP contribution in [0, 0.1) is 0 Å². The van der Waals surface area contributed by atoms with Crippen LogP contribution in [0.5, 0.6) is 0 Å². The maximum atomic E-state index is 3.74. The molecule has 26 rings (SSSR count). The molecule has 3 nitrogen and oxygen atoms in total. The highest BCUT2D eigenvalue weighted by atomic mass is 79.9. The Morgan fingerprint density at radius 3 is 1.12 bits per heavy atom. The van der Waals surface area contributed by atoms with Crippen molar-refractivity contribution in [1.82, 2.24) is 9.13 Å². The third-order valence-corrected chi connectivity index (χ3v) is 30.2. The highest BCUT2D eigenvalue weighted by molar-refractivity contribution is 9.10. The number of halogens is 1. The summed E-state index contributed by atoms with van der Waals surface area (Å²) in [6.45, 7) is 9.40. The Balaban J connectivity index is 0.000000119. The second kappa shape index (κ2) is 31.4. The predicted octanol–water partition coefficient (Wildman–Crippen LogP) is 35.4. The molecule has 0 saturated heterocycles. The lowest BCUT2D eigenvalue weighted by Crippen LogP contribution is -2.15. The minimum atomic E-state index is -0.0774. The van der Waals surface area contributed by atoms with Crippen LogP contribution in [0.4, 0.5) is 17.1 Å². The number of hydrogen-bond donors (Lipinski definition) is 0. The molecule has 4 heterocycles. The number of fused-ring (bicyclic) bond motifs is 26. The third-order valence-electron chi connectivity index (χ3n) is 27.3. The van der Waals surface area contributed by atoms with Crippen LogP contribution in [0.3, 0.4) is 0 Å². The Morgan fingerprint density at radius 2 is 0.612 bits per heavy atom. The SMILES string of the molecule is Brc1ccc2c3c4sc5ccc(-c6ccccc6)cc5c4c4ccccc4c3n(-c3ccccc3)c2c1.CC1(C)c2ccccc2-c2cc(N(c3ccc(-c4ccccc4)cc3)c3ccc4c5c6sc7ccc(-c8ccccc8)cc7c6c6ccccc6c5n(-c5ccccc5)c4c3)ccc21.CC1(C)c2ccccc2-c2ccc(Cc3ccc(-c4ccccc4)cc3)cc21. The molecule has 20 aromatic carbocycles. The molecule has 612 valence electrons. The van der Waals surface area contributed by atoms with E-state index in [1.165, 1.54) is 211 Å². The van der Waals surface area contributed by atoms with Gasteiger partial charge in [0, 0.05) is 116 Å². The monoisotopic (exact) mass is 1750 g/mol. The van der Waals surface area contributed by atoms with Crippen LogP contribution in [-0.2, 0) is 17.3 Å². The average Bonchev–Trinajstić information content (AvgIpc) is 1.54. The fourth-order valence-corrected chi connectivity index (χ4v) is 24.0. The van der Waals surface area contributed by atoms with E-state index in [0.717, 1.165) is 33.6 Å². The van der Waals surface area contributed by atoms with Gasteiger partial charge in [-0.25, -0.2) is 0 Å². The lowest BCUT2D eigenvalue weighted by atomic mass is 9.81. The highest BCUT2D eigenvalue weighted by Crippen LogP contribution is 2.56. The number of aromatic nitrogens is 2. The Hall–Kier alpha value is -14.8. The van der Waals surface area contributed by atoms with E-state index in [-0.39, 0.29) is 10.8 Å². The summed E-state index contributed by atoms with van der Waals surface area (Å²) in [5.41, 5.74) is 34.3. The standard InChI is InChI=1S/C61H42N2S.C34H20BrNS.C28H24/c1-61(2)53-25-15-14-22-47(53)51-37-45(32-34-54(51)61)62(44-29-26-41(27-30-44)39-16-6-3-7-17-39)46-31-33-50-55(38-46)63(43-20-10-5-11-21-43)59-49-24-13-12-23-48(49)57-52-36-42(40-18-8-4-9-19-40)28-35-56(52)64-60(57)58(50)59;35-23-16-17-27-29(20-23)36(24-11-5-2-6-12-24)33-26-14-8-7-13-25(26)31-28-19-22(21-9-3-1-4-10-21)15-18-30(28)37-34(31)32(27)33;1-28(2)26-11-7-6-10-24(26)25-17-14-21(19-27(25)28)18-20-12-15-23(16-13-20)22-8-4-3-5-9-22/h3-38H,1-2H3;1-20H;3-17,19H,18H2,1-2H3. The van der Waals surface area contributed by atoms with Crippen molar-refractivity contribution in [3.63, 3.8) is 0 Å². The van der Waals surface area contributed by atoms with E-state index in [9.17, 15) is 0 Å². The first-order valence-electron chi connectivity index (χ1n) is 44.6. The van der Waals surface area contributed by atoms with Gasteiger partial charge in [0.1, 0.15) is 0 Å². The normalized spacial score (nSPS) is 12.8. The zero-order valence-electron chi connectivity index (χ0n) is 71.8. The van der Waals surface area contributed by atoms with Crippen molar-refractivity contribution in [2.75, 3.05) is 4.90 Å². The summed E-state index contributed by atoms with van der Waals surface area (Å²) in [7, 11) is 0. The van der Waals surface area contributed by atoms with Gasteiger partial charge in [0.05, 0.1) is 22.1 Å². The number of thiophene rings is 2. The van der Waals surface area contributed by atoms with Crippen LogP contribution >= 0.6 is 38.6 Å². The van der Waals surface area contributed by atoms with Crippen molar-refractivity contribution in [3.05, 3.63) is 475 Å². The highest BCUT2D eigenvalue weighted by Gasteiger charge is 2.38. The molecule has 0 fully saturated rings. The molecule has 6 heteroatoms. The third kappa shape index (κ3) is 13.1. The molecular weight excluding hydrogens is 1660 g/mol. The summed E-state index contributed by atoms with van der Waals surface area (Å²) >= 11 is 7.57. The van der Waals surface area contributed by atoms with Crippen LogP contribution in [0.1, 0.15) is 61.1 Å². The smallest absolute Gasteiger partial charge is 0.0634 e. The largest absolute Gasteiger partial charge is 0.310 e. The first kappa shape index (κ1) is 77.8. The van der Waals surface area contributed by atoms with Crippen molar-refractivity contribution in [2.24, 2.45) is 0 Å². The van der Waals surface area contributed by atoms with Crippen LogP contribution in [0.25, 0.3) is 184 Å². The van der Waals surface area contributed by atoms with Crippen LogP contribution in [-0.4, -0.2) is 9.13 Å². The molecule has 0 saturated carbocycles. The molecule has 0 bridgehead atoms. The number of rotatable bonds is 11. The molecule has 129 heavy (non-hydrogen) atoms. The molecule has 0 amide bonds. The lowest BCUT2D eigenvalue weighted by Gasteiger charge is -2.27. The molecule has 2 aliphatic rings. The molecule has 0 spiro atoms. The van der Waals surface area contributed by atoms with Crippen LogP contribution in [0.2, 0.25) is 0 Å². The van der Waals surface area contributed by atoms with Gasteiger partial charge in [0.2, 0.25) is 0 Å². The molecule has 2 aliphatic carbocycles. The molecule has 24 aromatic rings. The Kier molecular flexibility index (Phi) is 18.9. The topological polar surface area (TPSA) is 13.1 Å². The first-order chi connectivity index (χ1) is 63.4. The first-order valence-corrected chi connectivity index (χ1v) is 47.0. The van der Waals surface area contributed by atoms with Crippen LogP contribution < -0.4 is 4.90 Å². The predicted molar refractivity (Wildman–Crippen MR) is 557 cm³/mol. The van der Waals surface area contributed by atoms with Gasteiger partial charge in [-0.05, 0) is 214 Å². The van der Waals surface area contributed by atoms with Gasteiger partial charge in [-0.3, -0.25) is 0 Å². The summed E-state index contributed by atoms with van der Waals surface area (Å²) in [5.74, 6) is 0. The average molecular weight is 1750 g/mol. The van der Waals surface area contributed by atoms with Crippen LogP contribution in [0.15, 0.2) is 441 Å². The zero-order chi connectivity index (χ0) is 86.2. The van der Waals surface area contributed by atoms with E-state index in [1.807, 2.05) is 22.7 Å². The van der Waals surface area contributed by atoms with E-state index >= 15 is 0 Å². The molecule has 0 atom stereocenters. The number of para-hydroxylation sites is 2. The van der Waals surface area contributed by atoms with E-state index in [4.69, 9.17) is 0 Å². The van der Waals surface area contributed by atoms with E-state index in [1.54, 1.807) is 0 Å². The minimum absolute atomic E-state index is 0.0686. The summed E-state index contributed by atoms with van der Waals surface area (Å²) in [6, 6.07) is 160. The number of anilines is 3. The van der Waals surface area contributed by atoms with Gasteiger partial charge in [-0.1, -0.05) is 383 Å². The lowest BCUT2D eigenvalue weighted by molar-refractivity contribution is 0.659. The van der Waals surface area contributed by atoms with Gasteiger partial charge >= 0.3 is 0 Å². The molecule has 0 unspecified atom stereocenters. The quantitative estimate of drug-likeness (QED) is 0.126. The molecule has 0 aliphatic heterocycles. The maximum absolute atomic E-state index is 3.74. The Morgan fingerprint density at radius 1 is 0.248 bits per heavy atom. The van der Waals surface area contributed by atoms with Crippen molar-refractivity contribution in [3.8, 4) is 78.1 Å². The fourth-order valence-electron chi connectivity index (χ4n) is 21.1. The van der Waals surface area contributed by atoms with Gasteiger partial charge in [-0.2, -0.15) is 0 Å². The van der Waals surface area contributed by atoms with Gasteiger partial charge in [0.15, 0.2) is 0 Å². The van der Waals surface area contributed by atoms with Gasteiger partial charge in [-0.15, -0.1) is 22.7 Å². The fraction of sp³-hybridized carbons (Fsp3) is 0.0569. The number of benzene rings is 20. The Bertz CT molecular complexity index is 8540. The minimum Gasteiger partial charge on any atom is -0.310 e. The van der Waals surface area contributed by atoms with E-state index < -0.39 is 0 Å². The zero-order valence-corrected chi connectivity index (χ0v) is 75.0. The second-order valence-corrected chi connectivity index (χ2v) is 38.5. The van der Waals surface area contributed by atoms with Crippen molar-refractivity contribution in [1.29, 1.82) is 0 Å². The van der Waals surface area contributed by atoms with Crippen molar-refractivity contribution < 1.29 is 0 Å². The van der Waals surface area contributed by atoms with Crippen molar-refractivity contribution >= 4 is 161 Å². The maximum Gasteiger partial charge on any atom is 0.0634 e. The summed E-state index contributed by atoms with van der Waals surface area (Å²) in [4.78, 5) is 2.45. The Labute approximate surface area is 766 Å². The number of nitrogens with zero attached hydrogens (tertiary/aromatic N) is 3. The summed E-state index contributed by atoms with van der Waals surface area (Å²) in [6.07, 6.45) is 0.967. The van der Waals surface area contributed by atoms with Gasteiger partial charge < -0.3 is 14.0 Å².